The van der Waals surface area contributed by atoms with Crippen LogP contribution in [0.2, 0.25) is 0 Å². The van der Waals surface area contributed by atoms with Gasteiger partial charge in [0.2, 0.25) is 0 Å². The Balaban J connectivity index is 0.695. The molecule has 11 fully saturated rings. The maximum absolute atomic E-state index is 13.6. The lowest BCUT2D eigenvalue weighted by molar-refractivity contribution is -0.387. The van der Waals surface area contributed by atoms with E-state index in [9.17, 15) is 127 Å². The van der Waals surface area contributed by atoms with Gasteiger partial charge in [-0.2, -0.15) is 0 Å². The van der Waals surface area contributed by atoms with Gasteiger partial charge in [0, 0.05) is 44.1 Å². The molecule has 6 aliphatic heterocycles. The van der Waals surface area contributed by atoms with Gasteiger partial charge in [0.25, 0.3) is 0 Å². The van der Waals surface area contributed by atoms with Crippen LogP contribution in [-0.2, 0) is 80.7 Å². The first-order valence-electron chi connectivity index (χ1n) is 39.0. The van der Waals surface area contributed by atoms with Crippen molar-refractivity contribution in [1.82, 2.24) is 0 Å². The average Bonchev–Trinajstić information content (AvgIpc) is 0.763. The summed E-state index contributed by atoms with van der Waals surface area (Å²) in [5.41, 5.74) is 0. The zero-order chi connectivity index (χ0) is 81.5. The lowest BCUT2D eigenvalue weighted by atomic mass is 9.72. The van der Waals surface area contributed by atoms with Gasteiger partial charge >= 0.3 is 17.9 Å². The van der Waals surface area contributed by atoms with Gasteiger partial charge in [-0.25, -0.2) is 14.4 Å². The summed E-state index contributed by atoms with van der Waals surface area (Å²) >= 11 is 0. The van der Waals surface area contributed by atoms with Gasteiger partial charge in [0.05, 0.1) is 80.2 Å². The topological polar surface area (TPSA) is 638 Å². The highest BCUT2D eigenvalue weighted by atomic mass is 16.8. The molecular formula is C73H115O40+. The van der Waals surface area contributed by atoms with Crippen molar-refractivity contribution in [2.45, 2.75) is 329 Å². The van der Waals surface area contributed by atoms with E-state index in [0.29, 0.717) is 32.1 Å². The first-order chi connectivity index (χ1) is 53.8. The second-order valence-electron chi connectivity index (χ2n) is 31.8. The molecule has 6 heterocycles. The summed E-state index contributed by atoms with van der Waals surface area (Å²) in [6, 6.07) is 0. The van der Waals surface area contributed by atoms with Crippen molar-refractivity contribution < 1.29 is 198 Å². The molecule has 0 aromatic carbocycles. The Kier molecular flexibility index (Phi) is 32.3. The van der Waals surface area contributed by atoms with E-state index < -0.39 is 302 Å². The van der Waals surface area contributed by atoms with E-state index in [0.717, 1.165) is 18.2 Å². The summed E-state index contributed by atoms with van der Waals surface area (Å²) < 4.78 is 86.6. The van der Waals surface area contributed by atoms with Gasteiger partial charge in [-0.15, -0.1) is 0 Å². The number of esters is 3. The number of rotatable bonds is 26. The van der Waals surface area contributed by atoms with Crippen molar-refractivity contribution in [3.63, 3.8) is 0 Å². The van der Waals surface area contributed by atoms with Gasteiger partial charge in [-0.3, -0.25) is 0 Å². The van der Waals surface area contributed by atoms with Gasteiger partial charge < -0.3 is 183 Å². The van der Waals surface area contributed by atoms with Gasteiger partial charge in [0.1, 0.15) is 148 Å². The van der Waals surface area contributed by atoms with Crippen LogP contribution < -0.4 is 0 Å². The Hall–Kier alpha value is -3.73. The summed E-state index contributed by atoms with van der Waals surface area (Å²) in [4.78, 5) is 39.8. The minimum atomic E-state index is -2.11. The van der Waals surface area contributed by atoms with Crippen molar-refractivity contribution in [1.29, 1.82) is 0 Å². The molecule has 0 amide bonds. The summed E-state index contributed by atoms with van der Waals surface area (Å²) in [7, 11) is 1.45. The van der Waals surface area contributed by atoms with E-state index >= 15 is 0 Å². The number of fused-ring (bicyclic) bond motifs is 1. The average molecular weight is 1630 g/mol. The maximum atomic E-state index is 13.6. The normalized spacial score (nSPS) is 48.9. The van der Waals surface area contributed by atoms with E-state index in [2.05, 4.69) is 0 Å². The molecule has 0 bridgehead atoms. The highest BCUT2D eigenvalue weighted by Crippen LogP contribution is 2.44. The standard InChI is InChI=1S/C73H114O40/c1-99-41-19-31(8-11-34(41)77)67-44(22-33-37(80)20-32(76)21-40(33)103-67)107-73-68(113-72-66(98)61(93)56(88)48(111-72)26-101-52(84)15-7-30-3-10-36(79)43(18-30)106-71-64(96)59(91)54(86)46(24-75)109-71)62(94)57(89)49(112-73)27-102-50(82)13-5-28-4-12-39(38(81)16-28)104-69-65(97)60(92)55(87)47(110-69)25-100-51(83)14-6-29-2-9-35(78)42(17-29)105-70-63(95)58(90)53(85)45(23-74)108-70/h5-7,13-15,28-49,53-81,85-98H,2-4,8-12,16-27H2,1H3/p+1. The van der Waals surface area contributed by atoms with Gasteiger partial charge in [-0.05, 0) is 101 Å². The van der Waals surface area contributed by atoms with Crippen molar-refractivity contribution in [3.8, 4) is 0 Å². The fourth-order valence-corrected chi connectivity index (χ4v) is 17.3. The first kappa shape index (κ1) is 90.0. The maximum Gasteiger partial charge on any atom is 0.330 e. The fourth-order valence-electron chi connectivity index (χ4n) is 17.3. The van der Waals surface area contributed by atoms with Crippen molar-refractivity contribution in [2.75, 3.05) is 40.1 Å². The van der Waals surface area contributed by atoms with Crippen LogP contribution >= 0.6 is 0 Å². The molecule has 113 heavy (non-hydrogen) atoms. The summed E-state index contributed by atoms with van der Waals surface area (Å²) in [6.45, 7) is -3.58. The molecule has 43 atom stereocenters. The van der Waals surface area contributed by atoms with E-state index in [4.69, 9.17) is 71.1 Å². The highest BCUT2D eigenvalue weighted by molar-refractivity contribution is 5.82. The predicted molar refractivity (Wildman–Crippen MR) is 370 cm³/mol. The minimum absolute atomic E-state index is 0.0207. The lowest BCUT2D eigenvalue weighted by Gasteiger charge is -2.49. The molecule has 5 aliphatic carbocycles. The van der Waals surface area contributed by atoms with Crippen LogP contribution in [0.25, 0.3) is 0 Å². The highest BCUT2D eigenvalue weighted by Gasteiger charge is 2.58. The van der Waals surface area contributed by atoms with Crippen LogP contribution in [0, 0.1) is 29.6 Å². The number of hydrogen-bond donors (Lipinski definition) is 22. The van der Waals surface area contributed by atoms with Crippen LogP contribution in [0.3, 0.4) is 0 Å². The smallest absolute Gasteiger partial charge is 0.330 e. The zero-order valence-corrected chi connectivity index (χ0v) is 62.2. The number of allylic oxidation sites excluding steroid dienone is 3. The third kappa shape index (κ3) is 21.9. The Morgan fingerprint density at radius 3 is 1.18 bits per heavy atom. The van der Waals surface area contributed by atoms with Crippen LogP contribution in [-0.4, -0.2) is 408 Å². The SMILES string of the molecule is COC1CC(C2[OH+]C3CC(O)CC(O)C3CC2OC2OC(COC(=O)C=CC3CCC(OC4OC(COC(=O)C=CC5CCC(O)C(OC6OC(CO)C(O)C(O)C6O)C5)C(O)C(O)C4O)C(O)C3)C(O)C(O)C2OC2OC(COC(=O)C=CC3CCC(O)C(OC4OC(CO)C(O)C(O)C4O)C3)C(O)C(O)C2O)CCC1O. The molecule has 11 aliphatic rings. The van der Waals surface area contributed by atoms with Crippen LogP contribution in [0.4, 0.5) is 0 Å². The van der Waals surface area contributed by atoms with Gasteiger partial charge in [0.15, 0.2) is 43.7 Å². The Labute approximate surface area is 649 Å². The summed E-state index contributed by atoms with van der Waals surface area (Å²) in [5, 5.41) is 237. The molecular weight excluding hydrogens is 1520 g/mol. The number of ether oxygens (including phenoxy) is 15. The molecule has 40 heteroatoms. The van der Waals surface area contributed by atoms with Crippen molar-refractivity contribution in [2.24, 2.45) is 29.6 Å². The Morgan fingerprint density at radius 2 is 0.726 bits per heavy atom. The van der Waals surface area contributed by atoms with Crippen molar-refractivity contribution >= 4 is 17.9 Å². The molecule has 0 spiro atoms. The first-order valence-corrected chi connectivity index (χ1v) is 39.0. The Bertz CT molecular complexity index is 3080. The molecule has 5 saturated carbocycles. The third-order valence-electron chi connectivity index (χ3n) is 24.1. The summed E-state index contributed by atoms with van der Waals surface area (Å²) in [6.07, 6.45) is -45.0. The molecule has 0 radical (unpaired) electrons. The number of methoxy groups -OCH3 is 1. The predicted octanol–water partition coefficient (Wildman–Crippen LogP) is -9.67. The van der Waals surface area contributed by atoms with E-state index in [-0.39, 0.29) is 76.0 Å². The van der Waals surface area contributed by atoms with Crippen LogP contribution in [0.1, 0.15) is 96.3 Å². The van der Waals surface area contributed by atoms with Gasteiger partial charge in [-0.1, -0.05) is 18.2 Å². The van der Waals surface area contributed by atoms with E-state index in [1.807, 2.05) is 0 Å². The lowest BCUT2D eigenvalue weighted by Crippen LogP contribution is -2.66. The number of carbonyl (C=O) groups excluding carboxylic acids is 3. The number of aliphatic hydroxyl groups excluding tert-OH is 22. The zero-order valence-electron chi connectivity index (χ0n) is 62.2. The third-order valence-corrected chi connectivity index (χ3v) is 24.1. The summed E-state index contributed by atoms with van der Waals surface area (Å²) in [5.74, 6) is -5.11. The minimum Gasteiger partial charge on any atom is -0.460 e. The molecule has 0 aromatic heterocycles. The monoisotopic (exact) mass is 1630 g/mol. The molecule has 23 N–H and O–H groups in total. The number of aliphatic hydroxyl groups is 24. The second kappa shape index (κ2) is 40.6. The molecule has 43 unspecified atom stereocenters. The molecule has 11 rings (SSSR count). The number of hydrogen-bond acceptors (Lipinski definition) is 39. The fraction of sp³-hybridized carbons (Fsp3) is 0.877. The van der Waals surface area contributed by atoms with E-state index in [1.165, 1.54) is 25.3 Å². The largest absolute Gasteiger partial charge is 0.460 e. The van der Waals surface area contributed by atoms with Crippen LogP contribution in [0.15, 0.2) is 36.5 Å². The molecule has 6 saturated heterocycles. The second-order valence-corrected chi connectivity index (χ2v) is 31.8. The molecule has 0 aromatic rings. The Morgan fingerprint density at radius 1 is 0.345 bits per heavy atom. The van der Waals surface area contributed by atoms with E-state index in [1.54, 1.807) is 0 Å². The van der Waals surface area contributed by atoms with Crippen LogP contribution in [0.5, 0.6) is 0 Å². The van der Waals surface area contributed by atoms with Crippen molar-refractivity contribution in [3.05, 3.63) is 36.5 Å². The molecule has 646 valence electrons. The molecule has 40 nitrogen and oxygen atoms in total. The number of carbonyl (C=O) groups is 3. The quantitative estimate of drug-likeness (QED) is 0.0165.